The summed E-state index contributed by atoms with van der Waals surface area (Å²) in [7, 11) is 1.59. The Labute approximate surface area is 113 Å². The Bertz CT molecular complexity index is 451. The third-order valence-electron chi connectivity index (χ3n) is 2.82. The minimum atomic E-state index is -0.248. The minimum absolute atomic E-state index is 0.0458. The van der Waals surface area contributed by atoms with Gasteiger partial charge in [-0.15, -0.1) is 0 Å². The molecule has 0 aliphatic heterocycles. The van der Waals surface area contributed by atoms with E-state index in [9.17, 15) is 9.59 Å². The Balaban J connectivity index is 2.52. The number of ketones is 1. The third kappa shape index (κ3) is 4.73. The van der Waals surface area contributed by atoms with Gasteiger partial charge in [-0.2, -0.15) is 0 Å². The molecule has 1 aromatic carbocycles. The van der Waals surface area contributed by atoms with Gasteiger partial charge in [-0.3, -0.25) is 9.59 Å². The van der Waals surface area contributed by atoms with Crippen molar-refractivity contribution in [2.24, 2.45) is 0 Å². The van der Waals surface area contributed by atoms with Gasteiger partial charge in [0, 0.05) is 18.4 Å². The highest BCUT2D eigenvalue weighted by Gasteiger charge is 2.11. The maximum atomic E-state index is 12.0. The first-order chi connectivity index (χ1) is 9.08. The van der Waals surface area contributed by atoms with Gasteiger partial charge in [0.1, 0.15) is 5.75 Å². The van der Waals surface area contributed by atoms with Gasteiger partial charge in [-0.05, 0) is 44.0 Å². The second-order valence-electron chi connectivity index (χ2n) is 4.26. The maximum Gasteiger partial charge on any atom is 0.305 e. The van der Waals surface area contributed by atoms with E-state index >= 15 is 0 Å². The van der Waals surface area contributed by atoms with E-state index in [2.05, 4.69) is 0 Å². The SMILES string of the molecule is CCOC(=O)CCCC(=O)c1ccc(OC)cc1C. The summed E-state index contributed by atoms with van der Waals surface area (Å²) in [5, 5.41) is 0. The quantitative estimate of drug-likeness (QED) is 0.561. The maximum absolute atomic E-state index is 12.0. The number of Topliss-reactive ketones (excluding diaryl/α,β-unsaturated/α-hetero) is 1. The lowest BCUT2D eigenvalue weighted by atomic mass is 10.0. The van der Waals surface area contributed by atoms with E-state index < -0.39 is 0 Å². The molecule has 0 spiro atoms. The number of hydrogen-bond donors (Lipinski definition) is 0. The first kappa shape index (κ1) is 15.2. The normalized spacial score (nSPS) is 10.1. The van der Waals surface area contributed by atoms with E-state index in [1.165, 1.54) is 0 Å². The highest BCUT2D eigenvalue weighted by atomic mass is 16.5. The number of esters is 1. The molecule has 0 aromatic heterocycles. The molecule has 0 aliphatic carbocycles. The third-order valence-corrected chi connectivity index (χ3v) is 2.82. The van der Waals surface area contributed by atoms with Crippen molar-refractivity contribution < 1.29 is 19.1 Å². The summed E-state index contributed by atoms with van der Waals surface area (Å²) in [5.41, 5.74) is 1.57. The molecular formula is C15H20O4. The first-order valence-corrected chi connectivity index (χ1v) is 6.42. The van der Waals surface area contributed by atoms with Gasteiger partial charge in [0.15, 0.2) is 5.78 Å². The van der Waals surface area contributed by atoms with E-state index in [1.54, 1.807) is 26.2 Å². The van der Waals surface area contributed by atoms with Crippen LogP contribution in [0, 0.1) is 6.92 Å². The van der Waals surface area contributed by atoms with Crippen LogP contribution in [0.15, 0.2) is 18.2 Å². The molecular weight excluding hydrogens is 244 g/mol. The van der Waals surface area contributed by atoms with E-state index in [0.29, 0.717) is 25.0 Å². The van der Waals surface area contributed by atoms with Crippen LogP contribution in [-0.2, 0) is 9.53 Å². The van der Waals surface area contributed by atoms with Crippen LogP contribution in [0.4, 0.5) is 0 Å². The van der Waals surface area contributed by atoms with Gasteiger partial charge in [-0.1, -0.05) is 0 Å². The summed E-state index contributed by atoms with van der Waals surface area (Å²) in [5.74, 6) is 0.534. The second-order valence-corrected chi connectivity index (χ2v) is 4.26. The second kappa shape index (κ2) is 7.56. The summed E-state index contributed by atoms with van der Waals surface area (Å²) in [4.78, 5) is 23.2. The number of methoxy groups -OCH3 is 1. The molecule has 0 atom stereocenters. The molecule has 104 valence electrons. The van der Waals surface area contributed by atoms with E-state index in [-0.39, 0.29) is 18.2 Å². The highest BCUT2D eigenvalue weighted by Crippen LogP contribution is 2.18. The average molecular weight is 264 g/mol. The Kier molecular flexibility index (Phi) is 6.06. The van der Waals surface area contributed by atoms with Crippen molar-refractivity contribution in [1.82, 2.24) is 0 Å². The van der Waals surface area contributed by atoms with Crippen LogP contribution in [0.25, 0.3) is 0 Å². The Morgan fingerprint density at radius 3 is 2.53 bits per heavy atom. The molecule has 0 amide bonds. The fourth-order valence-corrected chi connectivity index (χ4v) is 1.84. The van der Waals surface area contributed by atoms with Gasteiger partial charge in [-0.25, -0.2) is 0 Å². The minimum Gasteiger partial charge on any atom is -0.497 e. The highest BCUT2D eigenvalue weighted by molar-refractivity contribution is 5.97. The predicted octanol–water partition coefficient (Wildman–Crippen LogP) is 2.92. The Hall–Kier alpha value is -1.84. The molecule has 0 N–H and O–H groups in total. The van der Waals surface area contributed by atoms with Crippen LogP contribution >= 0.6 is 0 Å². The molecule has 0 saturated heterocycles. The van der Waals surface area contributed by atoms with Crippen LogP contribution in [0.3, 0.4) is 0 Å². The monoisotopic (exact) mass is 264 g/mol. The average Bonchev–Trinajstić information content (AvgIpc) is 2.38. The lowest BCUT2D eigenvalue weighted by Gasteiger charge is -2.07. The number of hydrogen-bond acceptors (Lipinski definition) is 4. The predicted molar refractivity (Wildman–Crippen MR) is 72.5 cm³/mol. The molecule has 4 heteroatoms. The van der Waals surface area contributed by atoms with Crippen LogP contribution in [0.2, 0.25) is 0 Å². The zero-order valence-corrected chi connectivity index (χ0v) is 11.7. The molecule has 0 unspecified atom stereocenters. The molecule has 0 saturated carbocycles. The topological polar surface area (TPSA) is 52.6 Å². The fraction of sp³-hybridized carbons (Fsp3) is 0.467. The number of carbonyl (C=O) groups excluding carboxylic acids is 2. The van der Waals surface area contributed by atoms with Crippen molar-refractivity contribution in [3.63, 3.8) is 0 Å². The molecule has 1 aromatic rings. The van der Waals surface area contributed by atoms with Gasteiger partial charge >= 0.3 is 5.97 Å². The van der Waals surface area contributed by atoms with Crippen molar-refractivity contribution in [1.29, 1.82) is 0 Å². The Morgan fingerprint density at radius 2 is 1.95 bits per heavy atom. The summed E-state index contributed by atoms with van der Waals surface area (Å²) >= 11 is 0. The van der Waals surface area contributed by atoms with Crippen molar-refractivity contribution in [3.8, 4) is 5.75 Å². The molecule has 0 aliphatic rings. The first-order valence-electron chi connectivity index (χ1n) is 6.42. The van der Waals surface area contributed by atoms with Crippen molar-refractivity contribution in [3.05, 3.63) is 29.3 Å². The summed E-state index contributed by atoms with van der Waals surface area (Å²) < 4.78 is 9.91. The molecule has 1 rings (SSSR count). The van der Waals surface area contributed by atoms with Gasteiger partial charge in [0.2, 0.25) is 0 Å². The zero-order valence-electron chi connectivity index (χ0n) is 11.7. The lowest BCUT2D eigenvalue weighted by Crippen LogP contribution is -2.06. The molecule has 4 nitrogen and oxygen atoms in total. The molecule has 19 heavy (non-hydrogen) atoms. The van der Waals surface area contributed by atoms with Crippen LogP contribution in [-0.4, -0.2) is 25.5 Å². The van der Waals surface area contributed by atoms with Crippen LogP contribution in [0.1, 0.15) is 42.1 Å². The smallest absolute Gasteiger partial charge is 0.305 e. The standard InChI is InChI=1S/C15H20O4/c1-4-19-15(17)7-5-6-14(16)13-9-8-12(18-3)10-11(13)2/h8-10H,4-7H2,1-3H3. The summed E-state index contributed by atoms with van der Waals surface area (Å²) in [6, 6.07) is 5.37. The van der Waals surface area contributed by atoms with E-state index in [4.69, 9.17) is 9.47 Å². The van der Waals surface area contributed by atoms with E-state index in [1.807, 2.05) is 13.0 Å². The van der Waals surface area contributed by atoms with Crippen LogP contribution < -0.4 is 4.74 Å². The van der Waals surface area contributed by atoms with Crippen molar-refractivity contribution >= 4 is 11.8 Å². The fourth-order valence-electron chi connectivity index (χ4n) is 1.84. The number of aryl methyl sites for hydroxylation is 1. The number of ether oxygens (including phenoxy) is 2. The Morgan fingerprint density at radius 1 is 1.21 bits per heavy atom. The molecule has 0 heterocycles. The zero-order chi connectivity index (χ0) is 14.3. The van der Waals surface area contributed by atoms with Gasteiger partial charge < -0.3 is 9.47 Å². The van der Waals surface area contributed by atoms with Gasteiger partial charge in [0.05, 0.1) is 13.7 Å². The summed E-state index contributed by atoms with van der Waals surface area (Å²) in [6.07, 6.45) is 1.16. The van der Waals surface area contributed by atoms with Crippen molar-refractivity contribution in [2.75, 3.05) is 13.7 Å². The van der Waals surface area contributed by atoms with Gasteiger partial charge in [0.25, 0.3) is 0 Å². The van der Waals surface area contributed by atoms with Crippen LogP contribution in [0.5, 0.6) is 5.75 Å². The largest absolute Gasteiger partial charge is 0.497 e. The molecule has 0 fully saturated rings. The number of benzene rings is 1. The number of rotatable bonds is 7. The summed E-state index contributed by atoms with van der Waals surface area (Å²) in [6.45, 7) is 4.02. The lowest BCUT2D eigenvalue weighted by molar-refractivity contribution is -0.143. The number of carbonyl (C=O) groups is 2. The molecule has 0 radical (unpaired) electrons. The van der Waals surface area contributed by atoms with E-state index in [0.717, 1.165) is 11.3 Å². The molecule has 0 bridgehead atoms. The van der Waals surface area contributed by atoms with Crippen molar-refractivity contribution in [2.45, 2.75) is 33.1 Å².